The maximum Gasteiger partial charge on any atom is 0.280 e. The van der Waals surface area contributed by atoms with E-state index in [1.807, 2.05) is 6.92 Å². The van der Waals surface area contributed by atoms with Gasteiger partial charge in [0.2, 0.25) is 5.88 Å². The first-order chi connectivity index (χ1) is 15.9. The van der Waals surface area contributed by atoms with Crippen LogP contribution in [0.4, 0.5) is 0 Å². The number of aromatic nitrogens is 4. The molecule has 1 saturated carbocycles. The Kier molecular flexibility index (Phi) is 6.96. The summed E-state index contributed by atoms with van der Waals surface area (Å²) in [6.07, 6.45) is 7.41. The predicted molar refractivity (Wildman–Crippen MR) is 121 cm³/mol. The number of thiazole rings is 1. The van der Waals surface area contributed by atoms with Crippen LogP contribution in [0.25, 0.3) is 10.6 Å². The molecule has 0 spiro atoms. The van der Waals surface area contributed by atoms with Crippen molar-refractivity contribution in [1.29, 1.82) is 0 Å². The molecule has 1 atom stereocenters. The fourth-order valence-electron chi connectivity index (χ4n) is 3.14. The second-order valence-electron chi connectivity index (χ2n) is 7.35. The number of nitrogens with one attached hydrogen (secondary N) is 1. The van der Waals surface area contributed by atoms with Gasteiger partial charge >= 0.3 is 0 Å². The molecular formula is C21H23N5O5S2. The molecule has 10 nitrogen and oxygen atoms in total. The summed E-state index contributed by atoms with van der Waals surface area (Å²) in [7, 11) is -1.88. The average molecular weight is 490 g/mol. The Labute approximate surface area is 195 Å². The van der Waals surface area contributed by atoms with Gasteiger partial charge in [0.25, 0.3) is 5.91 Å². The van der Waals surface area contributed by atoms with Crippen molar-refractivity contribution < 1.29 is 22.7 Å². The summed E-state index contributed by atoms with van der Waals surface area (Å²) in [5.41, 5.74) is 0.949. The van der Waals surface area contributed by atoms with Gasteiger partial charge in [-0.3, -0.25) is 14.8 Å². The van der Waals surface area contributed by atoms with Crippen LogP contribution in [0.3, 0.4) is 0 Å². The quantitative estimate of drug-likeness (QED) is 0.456. The lowest BCUT2D eigenvalue weighted by molar-refractivity contribution is 0.0894. The minimum Gasteiger partial charge on any atom is -0.477 e. The summed E-state index contributed by atoms with van der Waals surface area (Å²) in [6.45, 7) is 2.43. The molecule has 0 aliphatic heterocycles. The van der Waals surface area contributed by atoms with Crippen LogP contribution in [-0.2, 0) is 14.6 Å². The van der Waals surface area contributed by atoms with Crippen LogP contribution in [0.1, 0.15) is 41.3 Å². The van der Waals surface area contributed by atoms with E-state index < -0.39 is 21.8 Å². The van der Waals surface area contributed by atoms with E-state index in [0.717, 1.165) is 11.3 Å². The van der Waals surface area contributed by atoms with Crippen LogP contribution < -0.4 is 10.1 Å². The van der Waals surface area contributed by atoms with Crippen molar-refractivity contribution in [3.63, 3.8) is 0 Å². The van der Waals surface area contributed by atoms with E-state index in [9.17, 15) is 13.2 Å². The summed E-state index contributed by atoms with van der Waals surface area (Å²) in [4.78, 5) is 30.7. The Morgan fingerprint density at radius 3 is 2.82 bits per heavy atom. The monoisotopic (exact) mass is 489 g/mol. The first kappa shape index (κ1) is 23.2. The Morgan fingerprint density at radius 1 is 1.27 bits per heavy atom. The van der Waals surface area contributed by atoms with Crippen molar-refractivity contribution in [2.24, 2.45) is 0 Å². The molecule has 0 radical (unpaired) electrons. The molecule has 1 aliphatic rings. The van der Waals surface area contributed by atoms with Gasteiger partial charge in [0.15, 0.2) is 14.8 Å². The number of ether oxygens (including phenoxy) is 2. The molecule has 0 aromatic carbocycles. The lowest BCUT2D eigenvalue weighted by atomic mass is 10.2. The number of hydrogen-bond donors (Lipinski definition) is 1. The normalized spacial score (nSPS) is 14.6. The molecule has 0 saturated heterocycles. The van der Waals surface area contributed by atoms with Crippen molar-refractivity contribution in [2.75, 3.05) is 20.3 Å². The number of methoxy groups -OCH3 is 1. The molecular weight excluding hydrogens is 466 g/mol. The van der Waals surface area contributed by atoms with Gasteiger partial charge in [-0.1, -0.05) is 0 Å². The van der Waals surface area contributed by atoms with Gasteiger partial charge in [-0.2, -0.15) is 0 Å². The highest BCUT2D eigenvalue weighted by Gasteiger charge is 2.37. The van der Waals surface area contributed by atoms with Crippen molar-refractivity contribution >= 4 is 27.1 Å². The minimum atomic E-state index is -3.38. The lowest BCUT2D eigenvalue weighted by Gasteiger charge is -2.17. The summed E-state index contributed by atoms with van der Waals surface area (Å²) < 4.78 is 35.8. The second kappa shape index (κ2) is 9.89. The van der Waals surface area contributed by atoms with Gasteiger partial charge in [0.05, 0.1) is 52.4 Å². The van der Waals surface area contributed by atoms with E-state index in [0.29, 0.717) is 41.6 Å². The zero-order valence-electron chi connectivity index (χ0n) is 18.1. The highest BCUT2D eigenvalue weighted by molar-refractivity contribution is 7.92. The lowest BCUT2D eigenvalue weighted by Crippen LogP contribution is -2.32. The summed E-state index contributed by atoms with van der Waals surface area (Å²) in [5.74, 6) is -0.0406. The smallest absolute Gasteiger partial charge is 0.280 e. The van der Waals surface area contributed by atoms with Crippen molar-refractivity contribution in [3.8, 4) is 16.5 Å². The van der Waals surface area contributed by atoms with E-state index in [-0.39, 0.29) is 21.8 Å². The highest BCUT2D eigenvalue weighted by Crippen LogP contribution is 2.34. The molecule has 1 aliphatic carbocycles. The third-order valence-corrected chi connectivity index (χ3v) is 8.18. The van der Waals surface area contributed by atoms with E-state index in [2.05, 4.69) is 25.3 Å². The molecule has 3 aromatic heterocycles. The van der Waals surface area contributed by atoms with Crippen LogP contribution in [-0.4, -0.2) is 59.8 Å². The van der Waals surface area contributed by atoms with E-state index in [4.69, 9.17) is 9.47 Å². The molecule has 0 unspecified atom stereocenters. The van der Waals surface area contributed by atoms with Crippen LogP contribution >= 0.6 is 11.3 Å². The predicted octanol–water partition coefficient (Wildman–Crippen LogP) is 2.45. The maximum atomic E-state index is 12.9. The minimum absolute atomic E-state index is 0.117. The molecule has 3 aromatic rings. The zero-order valence-corrected chi connectivity index (χ0v) is 19.7. The maximum absolute atomic E-state index is 12.9. The number of pyridine rings is 1. The van der Waals surface area contributed by atoms with E-state index in [1.165, 1.54) is 31.6 Å². The fraction of sp³-hybridized carbons (Fsp3) is 0.381. The average Bonchev–Trinajstić information content (AvgIpc) is 3.57. The largest absolute Gasteiger partial charge is 0.477 e. The standard InChI is InChI=1S/C21H23N5O5S2/c1-3-31-19-11-22-9-16(25-19)18-10-24-21(32-18)20(27)26-17(12-30-2)15-8-14(6-7-23-15)33(28,29)13-4-5-13/h6-11,13,17H,3-5,12H2,1-2H3,(H,26,27)/t17-/m0/s1. The third-order valence-electron chi connectivity index (χ3n) is 4.90. The molecule has 1 fully saturated rings. The Morgan fingerprint density at radius 2 is 2.09 bits per heavy atom. The van der Waals surface area contributed by atoms with Crippen molar-refractivity contribution in [1.82, 2.24) is 25.3 Å². The molecule has 33 heavy (non-hydrogen) atoms. The molecule has 174 valence electrons. The molecule has 1 N–H and O–H groups in total. The van der Waals surface area contributed by atoms with Gasteiger partial charge in [-0.15, -0.1) is 11.3 Å². The highest BCUT2D eigenvalue weighted by atomic mass is 32.2. The number of hydrogen-bond acceptors (Lipinski definition) is 10. The summed E-state index contributed by atoms with van der Waals surface area (Å²) in [6, 6.07) is 2.33. The first-order valence-corrected chi connectivity index (χ1v) is 12.7. The Bertz CT molecular complexity index is 1240. The number of carbonyl (C=O) groups excluding carboxylic acids is 1. The number of rotatable bonds is 10. The van der Waals surface area contributed by atoms with Gasteiger partial charge < -0.3 is 14.8 Å². The van der Waals surface area contributed by atoms with Gasteiger partial charge in [0.1, 0.15) is 5.69 Å². The molecule has 0 bridgehead atoms. The number of carbonyl (C=O) groups is 1. The summed E-state index contributed by atoms with van der Waals surface area (Å²) >= 11 is 1.16. The fourth-order valence-corrected chi connectivity index (χ4v) is 5.59. The van der Waals surface area contributed by atoms with Crippen LogP contribution in [0.5, 0.6) is 5.88 Å². The molecule has 4 rings (SSSR count). The SMILES string of the molecule is CCOc1cncc(-c2cnc(C(=O)N[C@@H](COC)c3cc(S(=O)(=O)C4CC4)ccn3)s2)n1. The van der Waals surface area contributed by atoms with Gasteiger partial charge in [-0.05, 0) is 31.9 Å². The topological polar surface area (TPSA) is 133 Å². The third kappa shape index (κ3) is 5.34. The Hall–Kier alpha value is -2.96. The van der Waals surface area contributed by atoms with E-state index >= 15 is 0 Å². The first-order valence-electron chi connectivity index (χ1n) is 10.3. The van der Waals surface area contributed by atoms with Crippen molar-refractivity contribution in [3.05, 3.63) is 47.6 Å². The molecule has 1 amide bonds. The molecule has 12 heteroatoms. The zero-order chi connectivity index (χ0) is 23.4. The Balaban J connectivity index is 1.52. The van der Waals surface area contributed by atoms with Gasteiger partial charge in [0, 0.05) is 19.5 Å². The van der Waals surface area contributed by atoms with Crippen molar-refractivity contribution in [2.45, 2.75) is 36.0 Å². The van der Waals surface area contributed by atoms with Crippen LogP contribution in [0, 0.1) is 0 Å². The van der Waals surface area contributed by atoms with Gasteiger partial charge in [-0.25, -0.2) is 18.4 Å². The summed E-state index contributed by atoms with van der Waals surface area (Å²) in [5, 5.41) is 2.72. The van der Waals surface area contributed by atoms with Crippen LogP contribution in [0.15, 0.2) is 41.8 Å². The van der Waals surface area contributed by atoms with E-state index in [1.54, 1.807) is 12.4 Å². The number of amides is 1. The van der Waals surface area contributed by atoms with Crippen LogP contribution in [0.2, 0.25) is 0 Å². The number of nitrogens with zero attached hydrogens (tertiary/aromatic N) is 4. The molecule has 3 heterocycles. The second-order valence-corrected chi connectivity index (χ2v) is 10.6. The number of sulfone groups is 1.